The maximum Gasteiger partial charge on any atom is 0.240 e. The van der Waals surface area contributed by atoms with Crippen molar-refractivity contribution in [2.75, 3.05) is 12.3 Å². The highest BCUT2D eigenvalue weighted by Crippen LogP contribution is 2.18. The maximum absolute atomic E-state index is 12.2. The molecular formula is C13H18N4O2. The summed E-state index contributed by atoms with van der Waals surface area (Å²) in [6, 6.07) is 2.95. The van der Waals surface area contributed by atoms with Gasteiger partial charge in [-0.25, -0.2) is 0 Å². The average molecular weight is 262 g/mol. The second kappa shape index (κ2) is 5.69. The summed E-state index contributed by atoms with van der Waals surface area (Å²) in [5.41, 5.74) is 12.1. The predicted octanol–water partition coefficient (Wildman–Crippen LogP) is 0.0727. The molecule has 0 spiro atoms. The van der Waals surface area contributed by atoms with E-state index in [0.717, 1.165) is 12.8 Å². The van der Waals surface area contributed by atoms with E-state index in [1.54, 1.807) is 17.0 Å². The Hall–Kier alpha value is -2.11. The number of carbonyl (C=O) groups is 2. The monoisotopic (exact) mass is 262 g/mol. The lowest BCUT2D eigenvalue weighted by molar-refractivity contribution is -0.140. The van der Waals surface area contributed by atoms with E-state index in [0.29, 0.717) is 24.3 Å². The SMILES string of the molecule is NC(=O)C1CCCCN1C(=O)Cc1ccc(N)cn1. The fourth-order valence-electron chi connectivity index (χ4n) is 2.32. The summed E-state index contributed by atoms with van der Waals surface area (Å²) >= 11 is 0. The van der Waals surface area contributed by atoms with Gasteiger partial charge in [-0.2, -0.15) is 0 Å². The Morgan fingerprint density at radius 3 is 2.79 bits per heavy atom. The van der Waals surface area contributed by atoms with Gasteiger partial charge in [0.1, 0.15) is 6.04 Å². The molecule has 1 aliphatic heterocycles. The number of hydrogen-bond acceptors (Lipinski definition) is 4. The fourth-order valence-corrected chi connectivity index (χ4v) is 2.32. The van der Waals surface area contributed by atoms with E-state index in [-0.39, 0.29) is 12.3 Å². The van der Waals surface area contributed by atoms with Gasteiger partial charge in [0.2, 0.25) is 11.8 Å². The third-order valence-corrected chi connectivity index (χ3v) is 3.33. The summed E-state index contributed by atoms with van der Waals surface area (Å²) in [6.07, 6.45) is 4.17. The second-order valence-corrected chi connectivity index (χ2v) is 4.76. The van der Waals surface area contributed by atoms with E-state index >= 15 is 0 Å². The summed E-state index contributed by atoms with van der Waals surface area (Å²) in [7, 11) is 0. The Bertz CT molecular complexity index is 472. The molecule has 6 nitrogen and oxygen atoms in total. The first-order valence-electron chi connectivity index (χ1n) is 6.37. The van der Waals surface area contributed by atoms with Crippen molar-refractivity contribution in [3.8, 4) is 0 Å². The number of nitrogens with two attached hydrogens (primary N) is 2. The van der Waals surface area contributed by atoms with Gasteiger partial charge in [0.25, 0.3) is 0 Å². The van der Waals surface area contributed by atoms with Gasteiger partial charge in [0.15, 0.2) is 0 Å². The first-order chi connectivity index (χ1) is 9.08. The van der Waals surface area contributed by atoms with Crippen molar-refractivity contribution in [1.82, 2.24) is 9.88 Å². The third-order valence-electron chi connectivity index (χ3n) is 3.33. The molecule has 1 saturated heterocycles. The molecule has 1 fully saturated rings. The molecule has 4 N–H and O–H groups in total. The molecule has 1 unspecified atom stereocenters. The van der Waals surface area contributed by atoms with Crippen LogP contribution in [-0.2, 0) is 16.0 Å². The van der Waals surface area contributed by atoms with Gasteiger partial charge in [-0.3, -0.25) is 14.6 Å². The summed E-state index contributed by atoms with van der Waals surface area (Å²) in [5, 5.41) is 0. The van der Waals surface area contributed by atoms with Crippen LogP contribution in [-0.4, -0.2) is 34.3 Å². The Labute approximate surface area is 111 Å². The zero-order valence-electron chi connectivity index (χ0n) is 10.7. The molecular weight excluding hydrogens is 244 g/mol. The number of carbonyl (C=O) groups excluding carboxylic acids is 2. The number of nitrogens with zero attached hydrogens (tertiary/aromatic N) is 2. The number of piperidine rings is 1. The predicted molar refractivity (Wildman–Crippen MR) is 70.9 cm³/mol. The fraction of sp³-hybridized carbons (Fsp3) is 0.462. The lowest BCUT2D eigenvalue weighted by Gasteiger charge is -2.33. The van der Waals surface area contributed by atoms with Crippen molar-refractivity contribution >= 4 is 17.5 Å². The maximum atomic E-state index is 12.2. The van der Waals surface area contributed by atoms with E-state index in [2.05, 4.69) is 4.98 Å². The zero-order chi connectivity index (χ0) is 13.8. The van der Waals surface area contributed by atoms with Gasteiger partial charge >= 0.3 is 0 Å². The van der Waals surface area contributed by atoms with Crippen LogP contribution in [0.3, 0.4) is 0 Å². The van der Waals surface area contributed by atoms with Crippen LogP contribution in [0.4, 0.5) is 5.69 Å². The van der Waals surface area contributed by atoms with Crippen LogP contribution < -0.4 is 11.5 Å². The zero-order valence-corrected chi connectivity index (χ0v) is 10.7. The van der Waals surface area contributed by atoms with Crippen molar-refractivity contribution in [2.45, 2.75) is 31.7 Å². The van der Waals surface area contributed by atoms with Crippen LogP contribution in [0.15, 0.2) is 18.3 Å². The van der Waals surface area contributed by atoms with Crippen molar-refractivity contribution in [2.24, 2.45) is 5.73 Å². The summed E-state index contributed by atoms with van der Waals surface area (Å²) in [5.74, 6) is -0.543. The van der Waals surface area contributed by atoms with Gasteiger partial charge in [-0.15, -0.1) is 0 Å². The van der Waals surface area contributed by atoms with E-state index < -0.39 is 11.9 Å². The Morgan fingerprint density at radius 1 is 1.37 bits per heavy atom. The number of aromatic nitrogens is 1. The minimum Gasteiger partial charge on any atom is -0.397 e. The molecule has 6 heteroatoms. The summed E-state index contributed by atoms with van der Waals surface area (Å²) in [4.78, 5) is 29.2. The van der Waals surface area contributed by atoms with E-state index in [9.17, 15) is 9.59 Å². The first kappa shape index (κ1) is 13.3. The molecule has 2 amide bonds. The number of amides is 2. The molecule has 0 saturated carbocycles. The largest absolute Gasteiger partial charge is 0.397 e. The van der Waals surface area contributed by atoms with Gasteiger partial charge in [-0.05, 0) is 31.4 Å². The van der Waals surface area contributed by atoms with Crippen LogP contribution in [0, 0.1) is 0 Å². The van der Waals surface area contributed by atoms with E-state index in [1.807, 2.05) is 0 Å². The molecule has 0 aromatic carbocycles. The van der Waals surface area contributed by atoms with E-state index in [1.165, 1.54) is 6.20 Å². The van der Waals surface area contributed by atoms with Gasteiger partial charge in [0.05, 0.1) is 18.3 Å². The highest BCUT2D eigenvalue weighted by atomic mass is 16.2. The molecule has 2 heterocycles. The molecule has 2 rings (SSSR count). The first-order valence-corrected chi connectivity index (χ1v) is 6.37. The van der Waals surface area contributed by atoms with Crippen LogP contribution in [0.1, 0.15) is 25.0 Å². The molecule has 1 aromatic heterocycles. The number of primary amides is 1. The highest BCUT2D eigenvalue weighted by molar-refractivity contribution is 5.87. The Balaban J connectivity index is 2.05. The van der Waals surface area contributed by atoms with Crippen molar-refractivity contribution in [3.63, 3.8) is 0 Å². The van der Waals surface area contributed by atoms with Crippen molar-refractivity contribution < 1.29 is 9.59 Å². The Kier molecular flexibility index (Phi) is 3.99. The highest BCUT2D eigenvalue weighted by Gasteiger charge is 2.30. The van der Waals surface area contributed by atoms with Gasteiger partial charge < -0.3 is 16.4 Å². The standard InChI is InChI=1S/C13H18N4O2/c14-9-4-5-10(16-8-9)7-12(18)17-6-2-1-3-11(17)13(15)19/h4-5,8,11H,1-3,6-7,14H2,(H2,15,19). The number of anilines is 1. The van der Waals surface area contributed by atoms with Crippen LogP contribution in [0.2, 0.25) is 0 Å². The molecule has 0 bridgehead atoms. The average Bonchev–Trinajstić information content (AvgIpc) is 2.41. The topological polar surface area (TPSA) is 102 Å². The van der Waals surface area contributed by atoms with Gasteiger partial charge in [-0.1, -0.05) is 0 Å². The molecule has 0 aliphatic carbocycles. The second-order valence-electron chi connectivity index (χ2n) is 4.76. The Morgan fingerprint density at radius 2 is 2.16 bits per heavy atom. The summed E-state index contributed by atoms with van der Waals surface area (Å²) < 4.78 is 0. The molecule has 102 valence electrons. The van der Waals surface area contributed by atoms with Crippen molar-refractivity contribution in [1.29, 1.82) is 0 Å². The normalized spacial score (nSPS) is 19.2. The van der Waals surface area contributed by atoms with Crippen molar-refractivity contribution in [3.05, 3.63) is 24.0 Å². The van der Waals surface area contributed by atoms with Crippen LogP contribution >= 0.6 is 0 Å². The smallest absolute Gasteiger partial charge is 0.240 e. The number of likely N-dealkylation sites (tertiary alicyclic amines) is 1. The lowest BCUT2D eigenvalue weighted by Crippen LogP contribution is -2.51. The van der Waals surface area contributed by atoms with E-state index in [4.69, 9.17) is 11.5 Å². The minimum atomic E-state index is -0.477. The van der Waals surface area contributed by atoms with Crippen LogP contribution in [0.5, 0.6) is 0 Å². The molecule has 1 atom stereocenters. The number of nitrogen functional groups attached to an aromatic ring is 1. The number of hydrogen-bond donors (Lipinski definition) is 2. The number of rotatable bonds is 3. The molecule has 0 radical (unpaired) electrons. The molecule has 1 aromatic rings. The van der Waals surface area contributed by atoms with Gasteiger partial charge in [0, 0.05) is 12.2 Å². The molecule has 19 heavy (non-hydrogen) atoms. The van der Waals surface area contributed by atoms with Crippen LogP contribution in [0.25, 0.3) is 0 Å². The third kappa shape index (κ3) is 3.21. The quantitative estimate of drug-likeness (QED) is 0.804. The lowest BCUT2D eigenvalue weighted by atomic mass is 10.0. The molecule has 1 aliphatic rings. The minimum absolute atomic E-state index is 0.110. The number of pyridine rings is 1. The summed E-state index contributed by atoms with van der Waals surface area (Å²) in [6.45, 7) is 0.585.